The molecule has 0 amide bonds. The van der Waals surface area contributed by atoms with Crippen molar-refractivity contribution in [1.29, 1.82) is 0 Å². The van der Waals surface area contributed by atoms with Gasteiger partial charge in [0.25, 0.3) is 0 Å². The van der Waals surface area contributed by atoms with E-state index in [4.69, 9.17) is 0 Å². The molecule has 3 atom stereocenters. The summed E-state index contributed by atoms with van der Waals surface area (Å²) in [7, 11) is 2.22. The van der Waals surface area contributed by atoms with Gasteiger partial charge in [-0.1, -0.05) is 24.1 Å². The van der Waals surface area contributed by atoms with Gasteiger partial charge < -0.3 is 4.90 Å². The van der Waals surface area contributed by atoms with Crippen LogP contribution in [0.3, 0.4) is 0 Å². The van der Waals surface area contributed by atoms with Crippen LogP contribution in [0.1, 0.15) is 31.2 Å². The van der Waals surface area contributed by atoms with Crippen LogP contribution in [0.2, 0.25) is 0 Å². The molecule has 0 bridgehead atoms. The maximum Gasteiger partial charge on any atom is 0.0493 e. The molecular formula is C15H17N. The van der Waals surface area contributed by atoms with Crippen LogP contribution in [-0.2, 0) is 0 Å². The van der Waals surface area contributed by atoms with Crippen molar-refractivity contribution in [2.24, 2.45) is 5.92 Å². The summed E-state index contributed by atoms with van der Waals surface area (Å²) >= 11 is 0. The Labute approximate surface area is 97.5 Å². The zero-order chi connectivity index (χ0) is 11.1. The van der Waals surface area contributed by atoms with Crippen LogP contribution in [0.25, 0.3) is 0 Å². The maximum atomic E-state index is 3.39. The van der Waals surface area contributed by atoms with E-state index in [2.05, 4.69) is 48.1 Å². The molecule has 3 unspecified atom stereocenters. The number of hydrogen-bond acceptors (Lipinski definition) is 1. The minimum absolute atomic E-state index is 0.562. The maximum absolute atomic E-state index is 3.39. The van der Waals surface area contributed by atoms with Gasteiger partial charge in [0.2, 0.25) is 0 Å². The molecule has 82 valence electrons. The lowest BCUT2D eigenvalue weighted by Crippen LogP contribution is -2.32. The molecule has 16 heavy (non-hydrogen) atoms. The van der Waals surface area contributed by atoms with Crippen molar-refractivity contribution in [3.05, 3.63) is 29.8 Å². The van der Waals surface area contributed by atoms with Crippen LogP contribution in [-0.4, -0.2) is 13.1 Å². The topological polar surface area (TPSA) is 3.24 Å². The van der Waals surface area contributed by atoms with Crippen molar-refractivity contribution in [2.75, 3.05) is 11.9 Å². The first-order chi connectivity index (χ1) is 7.83. The van der Waals surface area contributed by atoms with Gasteiger partial charge in [0.1, 0.15) is 0 Å². The Morgan fingerprint density at radius 1 is 1.25 bits per heavy atom. The zero-order valence-electron chi connectivity index (χ0n) is 9.90. The van der Waals surface area contributed by atoms with Gasteiger partial charge in [0.05, 0.1) is 0 Å². The third-order valence-corrected chi connectivity index (χ3v) is 4.11. The summed E-state index contributed by atoms with van der Waals surface area (Å²) in [5, 5.41) is 0. The average molecular weight is 211 g/mol. The largest absolute Gasteiger partial charge is 0.370 e. The molecule has 0 aromatic heterocycles. The number of likely N-dealkylation sites (N-methyl/N-ethyl adjacent to an activating group) is 1. The first-order valence-electron chi connectivity index (χ1n) is 6.07. The molecule has 1 aromatic rings. The summed E-state index contributed by atoms with van der Waals surface area (Å²) in [5.74, 6) is 7.76. The lowest BCUT2D eigenvalue weighted by atomic mass is 9.95. The molecule has 0 spiro atoms. The lowest BCUT2D eigenvalue weighted by molar-refractivity contribution is 0.556. The first kappa shape index (κ1) is 9.78. The van der Waals surface area contributed by atoms with Crippen LogP contribution >= 0.6 is 0 Å². The van der Waals surface area contributed by atoms with Crippen LogP contribution in [0, 0.1) is 17.8 Å². The van der Waals surface area contributed by atoms with Crippen molar-refractivity contribution < 1.29 is 0 Å². The number of fused-ring (bicyclic) bond motifs is 3. The fourth-order valence-electron chi connectivity index (χ4n) is 3.49. The molecule has 1 aliphatic carbocycles. The van der Waals surface area contributed by atoms with Crippen LogP contribution in [0.5, 0.6) is 0 Å². The van der Waals surface area contributed by atoms with E-state index in [1.54, 1.807) is 0 Å². The minimum atomic E-state index is 0.562. The van der Waals surface area contributed by atoms with Crippen molar-refractivity contribution in [3.8, 4) is 11.8 Å². The second-order valence-electron chi connectivity index (χ2n) is 4.84. The van der Waals surface area contributed by atoms with Crippen molar-refractivity contribution in [1.82, 2.24) is 0 Å². The molecule has 1 fully saturated rings. The second-order valence-corrected chi connectivity index (χ2v) is 4.84. The highest BCUT2D eigenvalue weighted by Crippen LogP contribution is 2.50. The summed E-state index contributed by atoms with van der Waals surface area (Å²) in [6, 6.07) is 9.44. The van der Waals surface area contributed by atoms with Crippen molar-refractivity contribution in [2.45, 2.75) is 31.7 Å². The highest BCUT2D eigenvalue weighted by molar-refractivity contribution is 5.62. The second kappa shape index (κ2) is 3.56. The Kier molecular flexibility index (Phi) is 2.17. The van der Waals surface area contributed by atoms with E-state index in [1.165, 1.54) is 24.1 Å². The van der Waals surface area contributed by atoms with E-state index >= 15 is 0 Å². The van der Waals surface area contributed by atoms with Gasteiger partial charge in [0.15, 0.2) is 0 Å². The zero-order valence-corrected chi connectivity index (χ0v) is 9.90. The van der Waals surface area contributed by atoms with Crippen LogP contribution < -0.4 is 4.90 Å². The van der Waals surface area contributed by atoms with E-state index in [1.807, 2.05) is 6.92 Å². The van der Waals surface area contributed by atoms with Gasteiger partial charge in [-0.3, -0.25) is 0 Å². The van der Waals surface area contributed by atoms with E-state index in [-0.39, 0.29) is 0 Å². The molecule has 2 aliphatic rings. The fourth-order valence-corrected chi connectivity index (χ4v) is 3.49. The summed E-state index contributed by atoms with van der Waals surface area (Å²) in [4.78, 5) is 2.45. The molecule has 1 heterocycles. The van der Waals surface area contributed by atoms with Crippen molar-refractivity contribution in [3.63, 3.8) is 0 Å². The molecule has 1 aliphatic heterocycles. The molecule has 0 radical (unpaired) electrons. The molecule has 1 heteroatoms. The number of benzene rings is 1. The number of nitrogens with zero attached hydrogens (tertiary/aromatic N) is 1. The summed E-state index contributed by atoms with van der Waals surface area (Å²) in [5.41, 5.74) is 2.95. The highest BCUT2D eigenvalue weighted by atomic mass is 15.2. The van der Waals surface area contributed by atoms with Gasteiger partial charge >= 0.3 is 0 Å². The quantitative estimate of drug-likeness (QED) is 0.596. The van der Waals surface area contributed by atoms with Gasteiger partial charge in [-0.05, 0) is 31.4 Å². The lowest BCUT2D eigenvalue weighted by Gasteiger charge is -2.25. The van der Waals surface area contributed by atoms with Gasteiger partial charge in [-0.25, -0.2) is 0 Å². The van der Waals surface area contributed by atoms with E-state index in [0.717, 1.165) is 0 Å². The highest BCUT2D eigenvalue weighted by Gasteiger charge is 2.44. The van der Waals surface area contributed by atoms with Gasteiger partial charge in [-0.2, -0.15) is 0 Å². The molecule has 0 N–H and O–H groups in total. The Morgan fingerprint density at radius 2 is 2.06 bits per heavy atom. The predicted molar refractivity (Wildman–Crippen MR) is 67.5 cm³/mol. The molecular weight excluding hydrogens is 194 g/mol. The van der Waals surface area contributed by atoms with E-state index < -0.39 is 0 Å². The monoisotopic (exact) mass is 211 g/mol. The standard InChI is InChI=1S/C15H17N/c1-3-6-11-9-10-13-12-7-4-5-8-14(12)16(2)15(11)13/h4-5,7-8,11,13,15H,9-10H2,1-2H3. The number of rotatable bonds is 0. The number of anilines is 1. The normalized spacial score (nSPS) is 30.6. The summed E-state index contributed by atoms with van der Waals surface area (Å²) in [6.45, 7) is 1.95. The molecule has 0 saturated heterocycles. The van der Waals surface area contributed by atoms with E-state index in [0.29, 0.717) is 17.9 Å². The Balaban J connectivity index is 2.03. The molecule has 1 nitrogen and oxygen atoms in total. The van der Waals surface area contributed by atoms with Crippen LogP contribution in [0.15, 0.2) is 24.3 Å². The Morgan fingerprint density at radius 3 is 2.88 bits per heavy atom. The SMILES string of the molecule is CC#CC1CCC2c3ccccc3N(C)C12. The molecule has 3 rings (SSSR count). The third kappa shape index (κ3) is 1.19. The smallest absolute Gasteiger partial charge is 0.0493 e. The Hall–Kier alpha value is -1.42. The number of hydrogen-bond donors (Lipinski definition) is 0. The van der Waals surface area contributed by atoms with E-state index in [9.17, 15) is 0 Å². The summed E-state index contributed by atoms with van der Waals surface area (Å²) < 4.78 is 0. The molecule has 1 aromatic carbocycles. The first-order valence-corrected chi connectivity index (χ1v) is 6.07. The molecule has 1 saturated carbocycles. The van der Waals surface area contributed by atoms with Crippen LogP contribution in [0.4, 0.5) is 5.69 Å². The van der Waals surface area contributed by atoms with Crippen molar-refractivity contribution >= 4 is 5.69 Å². The summed E-state index contributed by atoms with van der Waals surface area (Å²) in [6.07, 6.45) is 2.56. The Bertz CT molecular complexity index is 466. The average Bonchev–Trinajstić information content (AvgIpc) is 2.83. The minimum Gasteiger partial charge on any atom is -0.370 e. The number of para-hydroxylation sites is 1. The third-order valence-electron chi connectivity index (χ3n) is 4.11. The predicted octanol–water partition coefficient (Wildman–Crippen LogP) is 3.02. The van der Waals surface area contributed by atoms with Gasteiger partial charge in [0, 0.05) is 30.6 Å². The fraction of sp³-hybridized carbons (Fsp3) is 0.467. The van der Waals surface area contributed by atoms with Gasteiger partial charge in [-0.15, -0.1) is 5.92 Å².